The highest BCUT2D eigenvalue weighted by molar-refractivity contribution is 7.91. The summed E-state index contributed by atoms with van der Waals surface area (Å²) < 4.78 is 22.9. The lowest BCUT2D eigenvalue weighted by molar-refractivity contribution is -0.136. The van der Waals surface area contributed by atoms with E-state index < -0.39 is 15.9 Å². The fourth-order valence-corrected chi connectivity index (χ4v) is 3.43. The maximum absolute atomic E-state index is 12.2. The van der Waals surface area contributed by atoms with Crippen LogP contribution in [-0.2, 0) is 14.6 Å². The summed E-state index contributed by atoms with van der Waals surface area (Å²) in [6, 6.07) is -0.875. The van der Waals surface area contributed by atoms with E-state index in [4.69, 9.17) is 5.73 Å². The van der Waals surface area contributed by atoms with E-state index >= 15 is 0 Å². The van der Waals surface area contributed by atoms with Crippen molar-refractivity contribution >= 4 is 15.7 Å². The largest absolute Gasteiger partial charge is 0.337 e. The van der Waals surface area contributed by atoms with Crippen LogP contribution in [0.5, 0.6) is 0 Å². The van der Waals surface area contributed by atoms with Crippen LogP contribution in [0.15, 0.2) is 0 Å². The normalized spacial score (nSPS) is 26.6. The first-order valence-electron chi connectivity index (χ1n) is 5.81. The lowest BCUT2D eigenvalue weighted by Gasteiger charge is -2.37. The summed E-state index contributed by atoms with van der Waals surface area (Å²) in [7, 11) is -2.99. The molecule has 5 nitrogen and oxygen atoms in total. The van der Waals surface area contributed by atoms with Crippen LogP contribution in [0.4, 0.5) is 0 Å². The summed E-state index contributed by atoms with van der Waals surface area (Å²) in [5.74, 6) is -0.0740. The van der Waals surface area contributed by atoms with Crippen molar-refractivity contribution in [3.05, 3.63) is 0 Å². The Balaban J connectivity index is 2.79. The maximum atomic E-state index is 12.2. The third kappa shape index (κ3) is 3.42. The zero-order valence-corrected chi connectivity index (χ0v) is 11.8. The molecule has 0 aromatic carbocycles. The third-order valence-electron chi connectivity index (χ3n) is 3.15. The Morgan fingerprint density at radius 1 is 1.41 bits per heavy atom. The molecule has 2 atom stereocenters. The van der Waals surface area contributed by atoms with Crippen LogP contribution < -0.4 is 5.73 Å². The van der Waals surface area contributed by atoms with Gasteiger partial charge in [0.05, 0.1) is 17.5 Å². The highest BCUT2D eigenvalue weighted by Gasteiger charge is 2.37. The summed E-state index contributed by atoms with van der Waals surface area (Å²) in [4.78, 5) is 13.8. The molecule has 1 fully saturated rings. The molecule has 1 aliphatic heterocycles. The predicted octanol–water partition coefficient (Wildman–Crippen LogP) is 0.00530. The van der Waals surface area contributed by atoms with Crippen LogP contribution in [0.1, 0.15) is 27.7 Å². The first kappa shape index (κ1) is 14.4. The molecule has 17 heavy (non-hydrogen) atoms. The van der Waals surface area contributed by atoms with Gasteiger partial charge in [-0.2, -0.15) is 0 Å². The van der Waals surface area contributed by atoms with Gasteiger partial charge < -0.3 is 10.6 Å². The lowest BCUT2D eigenvalue weighted by atomic mass is 9.86. The fourth-order valence-electron chi connectivity index (χ4n) is 1.88. The van der Waals surface area contributed by atoms with Gasteiger partial charge in [-0.15, -0.1) is 0 Å². The molecule has 1 aliphatic rings. The molecule has 2 N–H and O–H groups in total. The summed E-state index contributed by atoms with van der Waals surface area (Å²) in [6.45, 7) is 7.72. The van der Waals surface area contributed by atoms with E-state index in [-0.39, 0.29) is 35.4 Å². The van der Waals surface area contributed by atoms with Crippen molar-refractivity contribution in [3.8, 4) is 0 Å². The average molecular weight is 262 g/mol. The number of sulfone groups is 1. The van der Waals surface area contributed by atoms with Gasteiger partial charge in [-0.25, -0.2) is 8.42 Å². The molecule has 0 spiro atoms. The molecule has 0 aromatic heterocycles. The van der Waals surface area contributed by atoms with E-state index in [1.54, 1.807) is 11.8 Å². The highest BCUT2D eigenvalue weighted by Crippen LogP contribution is 2.21. The van der Waals surface area contributed by atoms with Crippen molar-refractivity contribution in [3.63, 3.8) is 0 Å². The molecule has 0 aliphatic carbocycles. The Kier molecular flexibility index (Phi) is 3.88. The fraction of sp³-hybridized carbons (Fsp3) is 0.909. The number of nitrogens with two attached hydrogens (primary N) is 1. The van der Waals surface area contributed by atoms with Crippen LogP contribution in [0.25, 0.3) is 0 Å². The minimum atomic E-state index is -2.99. The van der Waals surface area contributed by atoms with Gasteiger partial charge >= 0.3 is 0 Å². The van der Waals surface area contributed by atoms with E-state index in [2.05, 4.69) is 0 Å². The zero-order chi connectivity index (χ0) is 13.4. The molecule has 1 rings (SSSR count). The van der Waals surface area contributed by atoms with Gasteiger partial charge in [0.25, 0.3) is 0 Å². The molecule has 100 valence electrons. The summed E-state index contributed by atoms with van der Waals surface area (Å²) in [6.07, 6.45) is 0. The first-order chi connectivity index (χ1) is 7.54. The van der Waals surface area contributed by atoms with Crippen molar-refractivity contribution in [1.29, 1.82) is 0 Å². The van der Waals surface area contributed by atoms with Gasteiger partial charge in [0, 0.05) is 12.6 Å². The topological polar surface area (TPSA) is 80.5 Å². The smallest absolute Gasteiger partial charge is 0.240 e. The predicted molar refractivity (Wildman–Crippen MR) is 67.3 cm³/mol. The molecular weight excluding hydrogens is 240 g/mol. The van der Waals surface area contributed by atoms with E-state index in [1.807, 2.05) is 20.8 Å². The van der Waals surface area contributed by atoms with Crippen molar-refractivity contribution in [1.82, 2.24) is 4.90 Å². The molecule has 0 bridgehead atoms. The van der Waals surface area contributed by atoms with Crippen LogP contribution in [0.3, 0.4) is 0 Å². The molecule has 1 amide bonds. The summed E-state index contributed by atoms with van der Waals surface area (Å²) in [5, 5.41) is 0. The minimum Gasteiger partial charge on any atom is -0.337 e. The average Bonchev–Trinajstić information content (AvgIpc) is 2.12. The Labute approximate surface area is 103 Å². The second kappa shape index (κ2) is 4.57. The van der Waals surface area contributed by atoms with Crippen molar-refractivity contribution < 1.29 is 13.2 Å². The maximum Gasteiger partial charge on any atom is 0.240 e. The summed E-state index contributed by atoms with van der Waals surface area (Å²) in [5.41, 5.74) is 5.60. The van der Waals surface area contributed by atoms with Gasteiger partial charge in [-0.05, 0) is 12.3 Å². The van der Waals surface area contributed by atoms with Gasteiger partial charge in [0.15, 0.2) is 9.84 Å². The number of amides is 1. The Morgan fingerprint density at radius 3 is 2.35 bits per heavy atom. The molecule has 1 unspecified atom stereocenters. The van der Waals surface area contributed by atoms with E-state index in [9.17, 15) is 13.2 Å². The second-order valence-corrected chi connectivity index (χ2v) is 8.07. The highest BCUT2D eigenvalue weighted by atomic mass is 32.2. The van der Waals surface area contributed by atoms with E-state index in [0.717, 1.165) is 0 Å². The van der Waals surface area contributed by atoms with Gasteiger partial charge in [0.2, 0.25) is 5.91 Å². The first-order valence-corrected chi connectivity index (χ1v) is 7.63. The number of nitrogens with zero attached hydrogens (tertiary/aromatic N) is 1. The second-order valence-electron chi connectivity index (χ2n) is 5.84. The molecular formula is C11H22N2O3S. The number of carbonyl (C=O) groups excluding carboxylic acids is 1. The molecule has 6 heteroatoms. The van der Waals surface area contributed by atoms with Crippen molar-refractivity contribution in [2.45, 2.75) is 39.8 Å². The van der Waals surface area contributed by atoms with Gasteiger partial charge in [0.1, 0.15) is 0 Å². The molecule has 1 heterocycles. The minimum absolute atomic E-state index is 0.0373. The number of hydrogen-bond donors (Lipinski definition) is 1. The molecule has 0 saturated carbocycles. The summed E-state index contributed by atoms with van der Waals surface area (Å²) >= 11 is 0. The Hall–Kier alpha value is -0.620. The van der Waals surface area contributed by atoms with E-state index in [0.29, 0.717) is 0 Å². The Bertz CT molecular complexity index is 397. The third-order valence-corrected chi connectivity index (χ3v) is 4.95. The standard InChI is InChI=1S/C11H22N2O3S/c1-8-7-17(15,16)6-5-13(8)10(14)9(12)11(2,3)4/h8-9H,5-7,12H2,1-4H3/t8?,9-/m1/s1. The van der Waals surface area contributed by atoms with Gasteiger partial charge in [-0.1, -0.05) is 20.8 Å². The molecule has 1 saturated heterocycles. The van der Waals surface area contributed by atoms with Crippen LogP contribution in [0, 0.1) is 5.41 Å². The number of rotatable bonds is 1. The van der Waals surface area contributed by atoms with E-state index in [1.165, 1.54) is 0 Å². The van der Waals surface area contributed by atoms with Crippen molar-refractivity contribution in [2.75, 3.05) is 18.1 Å². The van der Waals surface area contributed by atoms with Crippen LogP contribution >= 0.6 is 0 Å². The van der Waals surface area contributed by atoms with Crippen LogP contribution in [-0.4, -0.2) is 49.4 Å². The monoisotopic (exact) mass is 262 g/mol. The molecule has 0 radical (unpaired) electrons. The molecule has 0 aromatic rings. The number of hydrogen-bond acceptors (Lipinski definition) is 4. The Morgan fingerprint density at radius 2 is 1.94 bits per heavy atom. The lowest BCUT2D eigenvalue weighted by Crippen LogP contribution is -2.57. The quantitative estimate of drug-likeness (QED) is 0.721. The zero-order valence-electron chi connectivity index (χ0n) is 10.9. The SMILES string of the molecule is CC1CS(=O)(=O)CCN1C(=O)[C@@H](N)C(C)(C)C. The number of carbonyl (C=O) groups is 1. The van der Waals surface area contributed by atoms with Crippen LogP contribution in [0.2, 0.25) is 0 Å². The van der Waals surface area contributed by atoms with Gasteiger partial charge in [-0.3, -0.25) is 4.79 Å². The van der Waals surface area contributed by atoms with Crippen molar-refractivity contribution in [2.24, 2.45) is 11.1 Å².